The molecule has 1 amide bonds. The molecule has 2 rings (SSSR count). The average molecular weight is 334 g/mol. The van der Waals surface area contributed by atoms with Crippen molar-refractivity contribution in [1.82, 2.24) is 9.78 Å². The number of amides is 1. The van der Waals surface area contributed by atoms with E-state index in [1.54, 1.807) is 24.5 Å². The van der Waals surface area contributed by atoms with E-state index in [9.17, 15) is 4.79 Å². The van der Waals surface area contributed by atoms with Gasteiger partial charge in [-0.25, -0.2) is 0 Å². The molecule has 3 N–H and O–H groups in total. The van der Waals surface area contributed by atoms with E-state index in [0.29, 0.717) is 27.2 Å². The third kappa shape index (κ3) is 3.56. The summed E-state index contributed by atoms with van der Waals surface area (Å²) >= 11 is 18.1. The molecule has 2 aromatic rings. The van der Waals surface area contributed by atoms with Gasteiger partial charge >= 0.3 is 0 Å². The maximum atomic E-state index is 10.8. The van der Waals surface area contributed by atoms with E-state index in [4.69, 9.17) is 40.5 Å². The van der Waals surface area contributed by atoms with Gasteiger partial charge in [0.05, 0.1) is 21.9 Å². The number of nitrogens with one attached hydrogen (secondary N) is 1. The molecule has 0 spiro atoms. The Hall–Kier alpha value is -1.43. The van der Waals surface area contributed by atoms with Crippen LogP contribution in [0.1, 0.15) is 5.56 Å². The second-order valence-corrected chi connectivity index (χ2v) is 5.26. The van der Waals surface area contributed by atoms with Crippen LogP contribution in [0.25, 0.3) is 0 Å². The summed E-state index contributed by atoms with van der Waals surface area (Å²) in [5.74, 6) is -0.458. The van der Waals surface area contributed by atoms with Gasteiger partial charge in [0.1, 0.15) is 6.54 Å². The summed E-state index contributed by atoms with van der Waals surface area (Å²) in [7, 11) is 0. The summed E-state index contributed by atoms with van der Waals surface area (Å²) in [6.07, 6.45) is 3.24. The zero-order chi connectivity index (χ0) is 14.7. The van der Waals surface area contributed by atoms with Crippen LogP contribution in [0.15, 0.2) is 24.5 Å². The topological polar surface area (TPSA) is 72.9 Å². The number of nitrogens with two attached hydrogens (primary N) is 1. The van der Waals surface area contributed by atoms with E-state index in [1.807, 2.05) is 0 Å². The first kappa shape index (κ1) is 15.0. The molecule has 0 atom stereocenters. The highest BCUT2D eigenvalue weighted by atomic mass is 35.5. The van der Waals surface area contributed by atoms with Gasteiger partial charge in [0, 0.05) is 23.3 Å². The number of hydrogen-bond acceptors (Lipinski definition) is 3. The highest BCUT2D eigenvalue weighted by Gasteiger charge is 2.10. The quantitative estimate of drug-likeness (QED) is 0.826. The van der Waals surface area contributed by atoms with Gasteiger partial charge in [-0.1, -0.05) is 34.8 Å². The predicted molar refractivity (Wildman–Crippen MR) is 80.2 cm³/mol. The van der Waals surface area contributed by atoms with Crippen molar-refractivity contribution in [3.05, 3.63) is 45.2 Å². The van der Waals surface area contributed by atoms with E-state index < -0.39 is 5.91 Å². The molecule has 5 nitrogen and oxygen atoms in total. The lowest BCUT2D eigenvalue weighted by Gasteiger charge is -2.09. The molecular weight excluding hydrogens is 323 g/mol. The first-order valence-corrected chi connectivity index (χ1v) is 6.77. The lowest BCUT2D eigenvalue weighted by atomic mass is 10.2. The van der Waals surface area contributed by atoms with Crippen LogP contribution in [0.5, 0.6) is 0 Å². The van der Waals surface area contributed by atoms with Crippen molar-refractivity contribution in [2.75, 3.05) is 5.32 Å². The number of primary amides is 1. The van der Waals surface area contributed by atoms with Gasteiger partial charge in [-0.15, -0.1) is 0 Å². The van der Waals surface area contributed by atoms with Crippen molar-refractivity contribution in [3.63, 3.8) is 0 Å². The van der Waals surface area contributed by atoms with E-state index in [0.717, 1.165) is 5.69 Å². The molecule has 1 aromatic heterocycles. The normalized spacial score (nSPS) is 10.6. The van der Waals surface area contributed by atoms with Crippen LogP contribution in [-0.2, 0) is 17.9 Å². The number of nitrogens with zero attached hydrogens (tertiary/aromatic N) is 2. The van der Waals surface area contributed by atoms with Crippen LogP contribution >= 0.6 is 34.8 Å². The molecule has 8 heteroatoms. The monoisotopic (exact) mass is 332 g/mol. The minimum Gasteiger partial charge on any atom is -0.378 e. The van der Waals surface area contributed by atoms with Crippen LogP contribution in [-0.4, -0.2) is 15.7 Å². The van der Waals surface area contributed by atoms with Crippen LogP contribution in [0, 0.1) is 0 Å². The SMILES string of the molecule is NC(=O)Cn1cc(NCc2c(Cl)ccc(Cl)c2Cl)cn1. The maximum absolute atomic E-state index is 10.8. The number of hydrogen-bond donors (Lipinski definition) is 2. The van der Waals surface area contributed by atoms with Crippen molar-refractivity contribution in [1.29, 1.82) is 0 Å². The van der Waals surface area contributed by atoms with Crippen molar-refractivity contribution >= 4 is 46.4 Å². The Kier molecular flexibility index (Phi) is 4.75. The number of halogens is 3. The molecule has 0 aliphatic heterocycles. The van der Waals surface area contributed by atoms with Crippen molar-refractivity contribution in [2.24, 2.45) is 5.73 Å². The van der Waals surface area contributed by atoms with Crippen LogP contribution in [0.4, 0.5) is 5.69 Å². The minimum absolute atomic E-state index is 0.0281. The highest BCUT2D eigenvalue weighted by Crippen LogP contribution is 2.31. The predicted octanol–water partition coefficient (Wildman–Crippen LogP) is 2.94. The van der Waals surface area contributed by atoms with Crippen LogP contribution < -0.4 is 11.1 Å². The zero-order valence-corrected chi connectivity index (χ0v) is 12.5. The summed E-state index contributed by atoms with van der Waals surface area (Å²) in [4.78, 5) is 10.8. The highest BCUT2D eigenvalue weighted by molar-refractivity contribution is 6.44. The van der Waals surface area contributed by atoms with E-state index in [2.05, 4.69) is 10.4 Å². The van der Waals surface area contributed by atoms with Gasteiger partial charge < -0.3 is 11.1 Å². The Labute approximate surface area is 130 Å². The molecule has 0 fully saturated rings. The van der Waals surface area contributed by atoms with E-state index >= 15 is 0 Å². The van der Waals surface area contributed by atoms with Gasteiger partial charge in [-0.05, 0) is 12.1 Å². The average Bonchev–Trinajstić information content (AvgIpc) is 2.81. The molecule has 1 heterocycles. The molecule has 0 unspecified atom stereocenters. The van der Waals surface area contributed by atoms with E-state index in [-0.39, 0.29) is 6.54 Å². The lowest BCUT2D eigenvalue weighted by molar-refractivity contribution is -0.118. The second kappa shape index (κ2) is 6.35. The Morgan fingerprint density at radius 1 is 1.30 bits per heavy atom. The fraction of sp³-hybridized carbons (Fsp3) is 0.167. The zero-order valence-electron chi connectivity index (χ0n) is 10.2. The summed E-state index contributed by atoms with van der Waals surface area (Å²) in [5.41, 5.74) is 6.50. The number of rotatable bonds is 5. The molecule has 0 saturated heterocycles. The summed E-state index contributed by atoms with van der Waals surface area (Å²) in [6, 6.07) is 3.32. The lowest BCUT2D eigenvalue weighted by Crippen LogP contribution is -2.18. The fourth-order valence-corrected chi connectivity index (χ4v) is 2.30. The fourth-order valence-electron chi connectivity index (χ4n) is 1.62. The molecule has 1 aromatic carbocycles. The number of benzene rings is 1. The first-order valence-electron chi connectivity index (χ1n) is 5.64. The minimum atomic E-state index is -0.458. The van der Waals surface area contributed by atoms with Crippen LogP contribution in [0.3, 0.4) is 0 Å². The third-order valence-electron chi connectivity index (χ3n) is 2.56. The van der Waals surface area contributed by atoms with Gasteiger partial charge in [0.2, 0.25) is 5.91 Å². The summed E-state index contributed by atoms with van der Waals surface area (Å²) < 4.78 is 1.44. The summed E-state index contributed by atoms with van der Waals surface area (Å²) in [6.45, 7) is 0.418. The molecule has 0 aliphatic carbocycles. The first-order chi connectivity index (χ1) is 9.47. The van der Waals surface area contributed by atoms with Gasteiger partial charge in [-0.3, -0.25) is 9.48 Å². The number of carbonyl (C=O) groups excluding carboxylic acids is 1. The smallest absolute Gasteiger partial charge is 0.239 e. The summed E-state index contributed by atoms with van der Waals surface area (Å²) in [5, 5.41) is 8.47. The van der Waals surface area contributed by atoms with Gasteiger partial charge in [0.15, 0.2) is 0 Å². The molecule has 0 radical (unpaired) electrons. The van der Waals surface area contributed by atoms with Gasteiger partial charge in [0.25, 0.3) is 0 Å². The van der Waals surface area contributed by atoms with E-state index in [1.165, 1.54) is 4.68 Å². The van der Waals surface area contributed by atoms with Crippen LogP contribution in [0.2, 0.25) is 15.1 Å². The molecule has 106 valence electrons. The molecular formula is C12H11Cl3N4O. The molecule has 20 heavy (non-hydrogen) atoms. The number of aromatic nitrogens is 2. The Morgan fingerprint density at radius 3 is 2.70 bits per heavy atom. The molecule has 0 bridgehead atoms. The maximum Gasteiger partial charge on any atom is 0.239 e. The number of anilines is 1. The number of carbonyl (C=O) groups is 1. The Morgan fingerprint density at radius 2 is 2.00 bits per heavy atom. The van der Waals surface area contributed by atoms with Crippen molar-refractivity contribution < 1.29 is 4.79 Å². The molecule has 0 aliphatic rings. The molecule has 0 saturated carbocycles. The largest absolute Gasteiger partial charge is 0.378 e. The second-order valence-electron chi connectivity index (χ2n) is 4.07. The third-order valence-corrected chi connectivity index (χ3v) is 3.76. The van der Waals surface area contributed by atoms with Crippen molar-refractivity contribution in [2.45, 2.75) is 13.1 Å². The van der Waals surface area contributed by atoms with Crippen molar-refractivity contribution in [3.8, 4) is 0 Å². The van der Waals surface area contributed by atoms with Gasteiger partial charge in [-0.2, -0.15) is 5.10 Å². The Balaban J connectivity index is 2.07. The standard InChI is InChI=1S/C12H11Cl3N4O/c13-9-1-2-10(14)12(15)8(9)4-17-7-3-18-19(5-7)6-11(16)20/h1-3,5,17H,4,6H2,(H2,16,20). The Bertz CT molecular complexity index is 642.